The monoisotopic (exact) mass is 595 g/mol. The SMILES string of the molecule is C/C=C\c1c(CC)n(Cc2ccc3c(c2)c2ccccc2n3-c2nc(-c3ccccc3)nc(-c3ccccc3)n2)c2ccccc12. The molecule has 0 bridgehead atoms. The smallest absolute Gasteiger partial charge is 0.238 e. The summed E-state index contributed by atoms with van der Waals surface area (Å²) in [6.45, 7) is 5.13. The van der Waals surface area contributed by atoms with Crippen molar-refractivity contribution in [3.63, 3.8) is 0 Å². The van der Waals surface area contributed by atoms with E-state index in [0.717, 1.165) is 35.1 Å². The van der Waals surface area contributed by atoms with Gasteiger partial charge in [-0.25, -0.2) is 4.98 Å². The van der Waals surface area contributed by atoms with E-state index >= 15 is 0 Å². The third kappa shape index (κ3) is 4.68. The number of nitrogens with zero attached hydrogens (tertiary/aromatic N) is 5. The van der Waals surface area contributed by atoms with E-state index in [4.69, 9.17) is 15.0 Å². The summed E-state index contributed by atoms with van der Waals surface area (Å²) < 4.78 is 4.66. The maximum Gasteiger partial charge on any atom is 0.238 e. The predicted molar refractivity (Wildman–Crippen MR) is 190 cm³/mol. The van der Waals surface area contributed by atoms with Crippen molar-refractivity contribution in [2.75, 3.05) is 0 Å². The van der Waals surface area contributed by atoms with Crippen molar-refractivity contribution >= 4 is 38.8 Å². The Morgan fingerprint density at radius 1 is 0.587 bits per heavy atom. The number of allylic oxidation sites excluding steroid dienone is 1. The Balaban J connectivity index is 1.32. The molecule has 0 N–H and O–H groups in total. The van der Waals surface area contributed by atoms with Crippen LogP contribution in [0.5, 0.6) is 0 Å². The Kier molecular flexibility index (Phi) is 6.99. The molecule has 0 amide bonds. The molecule has 0 saturated heterocycles. The van der Waals surface area contributed by atoms with Gasteiger partial charge in [0.05, 0.1) is 11.0 Å². The first-order valence-electron chi connectivity index (χ1n) is 15.9. The molecular formula is C41H33N5. The summed E-state index contributed by atoms with van der Waals surface area (Å²) in [6, 6.07) is 44.4. The molecule has 0 unspecified atom stereocenters. The van der Waals surface area contributed by atoms with Gasteiger partial charge in [-0.05, 0) is 43.2 Å². The van der Waals surface area contributed by atoms with Crippen molar-refractivity contribution in [3.05, 3.63) is 150 Å². The second kappa shape index (κ2) is 11.6. The van der Waals surface area contributed by atoms with Crippen LogP contribution in [-0.4, -0.2) is 24.1 Å². The number of rotatable bonds is 7. The van der Waals surface area contributed by atoms with Gasteiger partial charge >= 0.3 is 0 Å². The average molecular weight is 596 g/mol. The first kappa shape index (κ1) is 27.7. The van der Waals surface area contributed by atoms with Crippen molar-refractivity contribution in [2.24, 2.45) is 0 Å². The number of hydrogen-bond donors (Lipinski definition) is 0. The largest absolute Gasteiger partial charge is 0.340 e. The van der Waals surface area contributed by atoms with Gasteiger partial charge in [0.25, 0.3) is 0 Å². The number of para-hydroxylation sites is 2. The van der Waals surface area contributed by atoms with E-state index < -0.39 is 0 Å². The lowest BCUT2D eigenvalue weighted by Gasteiger charge is -2.12. The van der Waals surface area contributed by atoms with Crippen LogP contribution in [0.1, 0.15) is 30.7 Å². The second-order valence-electron chi connectivity index (χ2n) is 11.5. The molecule has 0 atom stereocenters. The molecule has 8 rings (SSSR count). The fourth-order valence-corrected chi connectivity index (χ4v) is 6.71. The van der Waals surface area contributed by atoms with Crippen LogP contribution in [0.3, 0.4) is 0 Å². The summed E-state index contributed by atoms with van der Waals surface area (Å²) in [5, 5.41) is 3.65. The quantitative estimate of drug-likeness (QED) is 0.184. The van der Waals surface area contributed by atoms with Gasteiger partial charge in [0, 0.05) is 50.6 Å². The van der Waals surface area contributed by atoms with E-state index in [9.17, 15) is 0 Å². The highest BCUT2D eigenvalue weighted by Crippen LogP contribution is 2.34. The number of aromatic nitrogens is 5. The maximum absolute atomic E-state index is 5.07. The number of hydrogen-bond acceptors (Lipinski definition) is 3. The van der Waals surface area contributed by atoms with Crippen LogP contribution >= 0.6 is 0 Å². The summed E-state index contributed by atoms with van der Waals surface area (Å²) in [7, 11) is 0. The van der Waals surface area contributed by atoms with Crippen LogP contribution < -0.4 is 0 Å². The molecule has 0 spiro atoms. The molecule has 0 fully saturated rings. The Morgan fingerprint density at radius 3 is 1.83 bits per heavy atom. The Bertz CT molecular complexity index is 2320. The highest BCUT2D eigenvalue weighted by molar-refractivity contribution is 6.09. The Labute approximate surface area is 268 Å². The van der Waals surface area contributed by atoms with Gasteiger partial charge in [-0.1, -0.05) is 122 Å². The van der Waals surface area contributed by atoms with Crippen molar-refractivity contribution in [1.82, 2.24) is 24.1 Å². The van der Waals surface area contributed by atoms with Gasteiger partial charge in [0.15, 0.2) is 11.6 Å². The molecule has 222 valence electrons. The number of fused-ring (bicyclic) bond motifs is 4. The van der Waals surface area contributed by atoms with Crippen LogP contribution in [0.4, 0.5) is 0 Å². The molecule has 5 heteroatoms. The summed E-state index contributed by atoms with van der Waals surface area (Å²) in [6.07, 6.45) is 5.35. The van der Waals surface area contributed by atoms with Gasteiger partial charge in [-0.3, -0.25) is 4.57 Å². The predicted octanol–water partition coefficient (Wildman–Crippen LogP) is 9.90. The first-order chi connectivity index (χ1) is 22.7. The van der Waals surface area contributed by atoms with Gasteiger partial charge in [0.2, 0.25) is 5.95 Å². The van der Waals surface area contributed by atoms with Gasteiger partial charge in [-0.2, -0.15) is 9.97 Å². The minimum absolute atomic E-state index is 0.604. The Hall–Kier alpha value is -5.81. The summed E-state index contributed by atoms with van der Waals surface area (Å²) in [5.74, 6) is 1.90. The lowest BCUT2D eigenvalue weighted by molar-refractivity contribution is 0.776. The van der Waals surface area contributed by atoms with Crippen molar-refractivity contribution < 1.29 is 0 Å². The van der Waals surface area contributed by atoms with Crippen LogP contribution in [0.15, 0.2) is 133 Å². The molecule has 8 aromatic rings. The molecule has 3 aromatic heterocycles. The fraction of sp³-hybridized carbons (Fsp3) is 0.0976. The molecule has 0 aliphatic rings. The zero-order valence-electron chi connectivity index (χ0n) is 25.9. The molecule has 46 heavy (non-hydrogen) atoms. The summed E-state index contributed by atoms with van der Waals surface area (Å²) >= 11 is 0. The first-order valence-corrected chi connectivity index (χ1v) is 15.9. The van der Waals surface area contributed by atoms with E-state index in [1.54, 1.807) is 0 Å². The number of benzene rings is 5. The lowest BCUT2D eigenvalue weighted by Crippen LogP contribution is -2.06. The van der Waals surface area contributed by atoms with Crippen molar-refractivity contribution in [1.29, 1.82) is 0 Å². The summed E-state index contributed by atoms with van der Waals surface area (Å²) in [4.78, 5) is 15.1. The van der Waals surface area contributed by atoms with E-state index in [1.165, 1.54) is 38.5 Å². The average Bonchev–Trinajstić information content (AvgIpc) is 3.60. The van der Waals surface area contributed by atoms with Crippen molar-refractivity contribution in [3.8, 4) is 28.7 Å². The maximum atomic E-state index is 5.07. The zero-order valence-corrected chi connectivity index (χ0v) is 25.9. The summed E-state index contributed by atoms with van der Waals surface area (Å²) in [5.41, 5.74) is 9.23. The van der Waals surface area contributed by atoms with Gasteiger partial charge < -0.3 is 4.57 Å². The third-order valence-corrected chi connectivity index (χ3v) is 8.76. The van der Waals surface area contributed by atoms with Crippen molar-refractivity contribution in [2.45, 2.75) is 26.8 Å². The minimum atomic E-state index is 0.604. The van der Waals surface area contributed by atoms with Crippen LogP contribution in [-0.2, 0) is 13.0 Å². The molecule has 5 aromatic carbocycles. The molecule has 0 saturated carbocycles. The zero-order chi connectivity index (χ0) is 31.0. The molecular weight excluding hydrogens is 562 g/mol. The minimum Gasteiger partial charge on any atom is -0.340 e. The molecule has 0 aliphatic carbocycles. The molecule has 5 nitrogen and oxygen atoms in total. The highest BCUT2D eigenvalue weighted by atomic mass is 15.2. The van der Waals surface area contributed by atoms with Crippen LogP contribution in [0, 0.1) is 0 Å². The molecule has 3 heterocycles. The fourth-order valence-electron chi connectivity index (χ4n) is 6.71. The molecule has 0 aliphatic heterocycles. The second-order valence-corrected chi connectivity index (χ2v) is 11.5. The van der Waals surface area contributed by atoms with E-state index in [2.05, 4.69) is 102 Å². The Morgan fingerprint density at radius 2 is 1.17 bits per heavy atom. The molecule has 0 radical (unpaired) electrons. The highest BCUT2D eigenvalue weighted by Gasteiger charge is 2.19. The standard InChI is InChI=1S/C41H33N5/c1-3-15-31-32-20-11-13-22-36(32)45(35(31)4-2)27-28-24-25-38-34(26-28)33-21-12-14-23-37(33)46(38)41-43-39(29-16-7-5-8-17-29)42-40(44-41)30-18-9-6-10-19-30/h3,5-26H,4,27H2,1-2H3/b15-3-. The normalized spacial score (nSPS) is 11.8. The third-order valence-electron chi connectivity index (χ3n) is 8.76. The lowest BCUT2D eigenvalue weighted by atomic mass is 10.1. The van der Waals surface area contributed by atoms with E-state index in [1.807, 2.05) is 60.7 Å². The van der Waals surface area contributed by atoms with E-state index in [-0.39, 0.29) is 0 Å². The van der Waals surface area contributed by atoms with E-state index in [0.29, 0.717) is 17.6 Å². The van der Waals surface area contributed by atoms with Gasteiger partial charge in [0.1, 0.15) is 0 Å². The van der Waals surface area contributed by atoms with Gasteiger partial charge in [-0.15, -0.1) is 0 Å². The van der Waals surface area contributed by atoms with Crippen LogP contribution in [0.25, 0.3) is 67.5 Å². The topological polar surface area (TPSA) is 48.5 Å². The van der Waals surface area contributed by atoms with Crippen LogP contribution in [0.2, 0.25) is 0 Å².